The Hall–Kier alpha value is -6.29. The fourth-order valence-electron chi connectivity index (χ4n) is 8.03. The van der Waals surface area contributed by atoms with E-state index in [9.17, 15) is 39.4 Å². The van der Waals surface area contributed by atoms with E-state index in [1.165, 1.54) is 60.1 Å². The van der Waals surface area contributed by atoms with Crippen LogP contribution in [-0.4, -0.2) is 94.4 Å². The second-order valence-corrected chi connectivity index (χ2v) is 16.5. The third-order valence-corrected chi connectivity index (χ3v) is 12.1. The van der Waals surface area contributed by atoms with Crippen LogP contribution in [0.15, 0.2) is 82.6 Å². The quantitative estimate of drug-likeness (QED) is 0.0848. The number of amides is 2. The highest BCUT2D eigenvalue weighted by molar-refractivity contribution is 7.99. The van der Waals surface area contributed by atoms with Crippen molar-refractivity contribution in [3.8, 4) is 22.3 Å². The summed E-state index contributed by atoms with van der Waals surface area (Å²) in [5.74, 6) is -1.14. The molecule has 0 aromatic heterocycles. The standard InChI is InChI=1S/C46H48N6O8S/c1-27-7-13-35(29(3)23-27)43-33(11-17-41(55)49-21-19-47-25-37(49)31(5)53)9-15-39(45(43)51(57)58)61-40-16-10-34(12-18-42(56)50-22-20-48-26-38(50)32(6)54)44(46(40)52(59)60)36-14-8-28(2)24-30(36)4/h7-18,23-24,37-38,47-48H,19-22,25-26H2,1-6H3/b17-11+,18-12+. The first-order chi connectivity index (χ1) is 29.1. The fraction of sp³-hybridized carbons (Fsp3) is 0.304. The highest BCUT2D eigenvalue weighted by atomic mass is 32.2. The van der Waals surface area contributed by atoms with Gasteiger partial charge in [-0.15, -0.1) is 0 Å². The maximum atomic E-state index is 13.5. The molecule has 2 heterocycles. The molecule has 2 saturated heterocycles. The monoisotopic (exact) mass is 844 g/mol. The van der Waals surface area contributed by atoms with E-state index < -0.39 is 33.7 Å². The van der Waals surface area contributed by atoms with Crippen molar-refractivity contribution in [2.24, 2.45) is 0 Å². The molecule has 2 aliphatic rings. The zero-order valence-corrected chi connectivity index (χ0v) is 35.8. The maximum Gasteiger partial charge on any atom is 0.291 e. The number of hydrogen-bond donors (Lipinski definition) is 2. The zero-order valence-electron chi connectivity index (χ0n) is 34.9. The summed E-state index contributed by atoms with van der Waals surface area (Å²) in [5, 5.41) is 32.8. The molecule has 2 atom stereocenters. The average Bonchev–Trinajstić information content (AvgIpc) is 3.22. The summed E-state index contributed by atoms with van der Waals surface area (Å²) < 4.78 is 0. The lowest BCUT2D eigenvalue weighted by molar-refractivity contribution is -0.387. The number of Topliss-reactive ketones (excluding diaryl/α,β-unsaturated/α-hetero) is 2. The molecule has 15 heteroatoms. The van der Waals surface area contributed by atoms with E-state index in [1.807, 2.05) is 52.0 Å². The number of nitrogens with zero attached hydrogens (tertiary/aromatic N) is 4. The molecule has 4 aromatic rings. The summed E-state index contributed by atoms with van der Waals surface area (Å²) in [6.07, 6.45) is 5.67. The predicted octanol–water partition coefficient (Wildman–Crippen LogP) is 7.03. The number of rotatable bonds is 12. The lowest BCUT2D eigenvalue weighted by atomic mass is 9.93. The van der Waals surface area contributed by atoms with E-state index in [1.54, 1.807) is 24.3 Å². The third-order valence-electron chi connectivity index (χ3n) is 11.0. The smallest absolute Gasteiger partial charge is 0.291 e. The Morgan fingerprint density at radius 3 is 1.38 bits per heavy atom. The molecule has 0 spiro atoms. The van der Waals surface area contributed by atoms with Crippen molar-refractivity contribution in [3.63, 3.8) is 0 Å². The van der Waals surface area contributed by atoms with E-state index in [0.717, 1.165) is 34.0 Å². The van der Waals surface area contributed by atoms with Crippen LogP contribution in [0.1, 0.15) is 47.2 Å². The number of piperazine rings is 2. The minimum absolute atomic E-state index is 0.129. The van der Waals surface area contributed by atoms with Crippen LogP contribution < -0.4 is 10.6 Å². The Bertz CT molecular complexity index is 2340. The number of nitrogens with one attached hydrogen (secondary N) is 2. The second-order valence-electron chi connectivity index (χ2n) is 15.4. The minimum Gasteiger partial charge on any atom is -0.327 e. The number of carbonyl (C=O) groups excluding carboxylic acids is 4. The van der Waals surface area contributed by atoms with Crippen LogP contribution in [-0.2, 0) is 19.2 Å². The maximum absolute atomic E-state index is 13.5. The number of ketones is 2. The fourth-order valence-corrected chi connectivity index (χ4v) is 9.08. The van der Waals surface area contributed by atoms with Crippen LogP contribution in [0.3, 0.4) is 0 Å². The van der Waals surface area contributed by atoms with Crippen molar-refractivity contribution in [1.82, 2.24) is 20.4 Å². The molecule has 4 aromatic carbocycles. The number of nitro benzene ring substituents is 2. The van der Waals surface area contributed by atoms with Gasteiger partial charge < -0.3 is 20.4 Å². The number of benzene rings is 4. The third kappa shape index (κ3) is 9.70. The summed E-state index contributed by atoms with van der Waals surface area (Å²) in [4.78, 5) is 80.5. The van der Waals surface area contributed by atoms with Gasteiger partial charge in [0.05, 0.1) is 30.8 Å². The molecule has 2 fully saturated rings. The first kappa shape index (κ1) is 44.3. The Balaban J connectivity index is 1.50. The number of hydrogen-bond acceptors (Lipinski definition) is 11. The van der Waals surface area contributed by atoms with Gasteiger partial charge in [-0.1, -0.05) is 71.4 Å². The molecule has 2 N–H and O–H groups in total. The highest BCUT2D eigenvalue weighted by Crippen LogP contribution is 2.49. The first-order valence-electron chi connectivity index (χ1n) is 19.9. The molecule has 2 amide bonds. The number of aryl methyl sites for hydroxylation is 4. The van der Waals surface area contributed by atoms with Gasteiger partial charge in [-0.3, -0.25) is 39.4 Å². The van der Waals surface area contributed by atoms with E-state index in [0.29, 0.717) is 61.5 Å². The summed E-state index contributed by atoms with van der Waals surface area (Å²) in [5.41, 5.74) is 5.05. The van der Waals surface area contributed by atoms with Gasteiger partial charge >= 0.3 is 0 Å². The zero-order chi connectivity index (χ0) is 44.1. The van der Waals surface area contributed by atoms with Gasteiger partial charge in [0.1, 0.15) is 12.1 Å². The van der Waals surface area contributed by atoms with Crippen LogP contribution in [0, 0.1) is 47.9 Å². The number of nitro groups is 2. The Kier molecular flexibility index (Phi) is 13.8. The molecule has 0 aliphatic carbocycles. The van der Waals surface area contributed by atoms with Gasteiger partial charge in [0.25, 0.3) is 11.4 Å². The molecule has 2 unspecified atom stereocenters. The van der Waals surface area contributed by atoms with Crippen LogP contribution in [0.2, 0.25) is 0 Å². The second kappa shape index (κ2) is 19.0. The van der Waals surface area contributed by atoms with Crippen LogP contribution in [0.4, 0.5) is 11.4 Å². The van der Waals surface area contributed by atoms with Gasteiger partial charge in [-0.05, 0) is 99.2 Å². The van der Waals surface area contributed by atoms with E-state index >= 15 is 0 Å². The molecule has 14 nitrogen and oxygen atoms in total. The van der Waals surface area contributed by atoms with Gasteiger partial charge in [-0.2, -0.15) is 0 Å². The van der Waals surface area contributed by atoms with Crippen molar-refractivity contribution >= 4 is 58.7 Å². The highest BCUT2D eigenvalue weighted by Gasteiger charge is 2.33. The van der Waals surface area contributed by atoms with Crippen molar-refractivity contribution in [2.75, 3.05) is 39.3 Å². The summed E-state index contributed by atoms with van der Waals surface area (Å²) >= 11 is 0.881. The topological polar surface area (TPSA) is 185 Å². The van der Waals surface area contributed by atoms with Gasteiger partial charge in [0, 0.05) is 51.4 Å². The molecule has 316 valence electrons. The van der Waals surface area contributed by atoms with Gasteiger partial charge in [0.2, 0.25) is 11.8 Å². The number of carbonyl (C=O) groups is 4. The van der Waals surface area contributed by atoms with Crippen LogP contribution in [0.5, 0.6) is 0 Å². The summed E-state index contributed by atoms with van der Waals surface area (Å²) in [6.45, 7) is 12.7. The van der Waals surface area contributed by atoms with E-state index in [-0.39, 0.29) is 43.9 Å². The van der Waals surface area contributed by atoms with Crippen LogP contribution >= 0.6 is 11.8 Å². The molecule has 61 heavy (non-hydrogen) atoms. The SMILES string of the molecule is CC(=O)C1CNCCN1C(=O)/C=C/c1ccc(Sc2ccc(/C=C/C(=O)N3CCNCC3C(C)=O)c(-c3ccc(C)cc3C)c2[N+](=O)[O-])c([N+](=O)[O-])c1-c1ccc(C)cc1C. The summed E-state index contributed by atoms with van der Waals surface area (Å²) in [6, 6.07) is 16.1. The normalized spacial score (nSPS) is 16.9. The lowest BCUT2D eigenvalue weighted by Crippen LogP contribution is -2.56. The van der Waals surface area contributed by atoms with Crippen molar-refractivity contribution < 1.29 is 29.0 Å². The Morgan fingerprint density at radius 2 is 1.03 bits per heavy atom. The average molecular weight is 845 g/mol. The van der Waals surface area contributed by atoms with Gasteiger partial charge in [0.15, 0.2) is 11.6 Å². The Morgan fingerprint density at radius 1 is 0.639 bits per heavy atom. The summed E-state index contributed by atoms with van der Waals surface area (Å²) in [7, 11) is 0. The lowest BCUT2D eigenvalue weighted by Gasteiger charge is -2.33. The largest absolute Gasteiger partial charge is 0.327 e. The molecular weight excluding hydrogens is 797 g/mol. The first-order valence-corrected chi connectivity index (χ1v) is 20.7. The predicted molar refractivity (Wildman–Crippen MR) is 236 cm³/mol. The van der Waals surface area contributed by atoms with E-state index in [4.69, 9.17) is 0 Å². The van der Waals surface area contributed by atoms with Crippen molar-refractivity contribution in [2.45, 2.75) is 63.4 Å². The minimum atomic E-state index is -0.643. The molecule has 0 bridgehead atoms. The van der Waals surface area contributed by atoms with Crippen molar-refractivity contribution in [1.29, 1.82) is 0 Å². The molecular formula is C46H48N6O8S. The van der Waals surface area contributed by atoms with E-state index in [2.05, 4.69) is 10.6 Å². The van der Waals surface area contributed by atoms with Gasteiger partial charge in [-0.25, -0.2) is 0 Å². The molecule has 0 saturated carbocycles. The van der Waals surface area contributed by atoms with Crippen molar-refractivity contribution in [3.05, 3.63) is 126 Å². The van der Waals surface area contributed by atoms with Crippen LogP contribution in [0.25, 0.3) is 34.4 Å². The molecule has 6 rings (SSSR count). The molecule has 2 aliphatic heterocycles. The molecule has 0 radical (unpaired) electrons. The Labute approximate surface area is 358 Å².